The zero-order chi connectivity index (χ0) is 17.1. The molecular formula is C23H21NO. The van der Waals surface area contributed by atoms with E-state index in [9.17, 15) is 4.79 Å². The van der Waals surface area contributed by atoms with Gasteiger partial charge in [0.2, 0.25) is 5.91 Å². The van der Waals surface area contributed by atoms with Crippen LogP contribution in [0.1, 0.15) is 23.1 Å². The Balaban J connectivity index is 1.57. The maximum atomic E-state index is 12.8. The summed E-state index contributed by atoms with van der Waals surface area (Å²) in [6.07, 6.45) is 0.863. The highest BCUT2D eigenvalue weighted by Crippen LogP contribution is 2.58. The average Bonchev–Trinajstić information content (AvgIpc) is 3.45. The van der Waals surface area contributed by atoms with E-state index in [1.165, 1.54) is 11.1 Å². The van der Waals surface area contributed by atoms with Gasteiger partial charge >= 0.3 is 0 Å². The first-order valence-electron chi connectivity index (χ1n) is 8.73. The molecule has 1 aliphatic rings. The average molecular weight is 327 g/mol. The van der Waals surface area contributed by atoms with Crippen LogP contribution in [0.15, 0.2) is 91.0 Å². The van der Waals surface area contributed by atoms with Gasteiger partial charge in [0.15, 0.2) is 0 Å². The van der Waals surface area contributed by atoms with Crippen molar-refractivity contribution in [3.8, 4) is 0 Å². The molecule has 0 heterocycles. The summed E-state index contributed by atoms with van der Waals surface area (Å²) in [4.78, 5) is 12.8. The maximum Gasteiger partial charge on any atom is 0.224 e. The van der Waals surface area contributed by atoms with Gasteiger partial charge in [-0.25, -0.2) is 0 Å². The van der Waals surface area contributed by atoms with Crippen molar-refractivity contribution in [3.63, 3.8) is 0 Å². The molecule has 124 valence electrons. The molecule has 1 amide bonds. The van der Waals surface area contributed by atoms with E-state index in [2.05, 4.69) is 53.8 Å². The van der Waals surface area contributed by atoms with Crippen molar-refractivity contribution in [2.75, 3.05) is 0 Å². The van der Waals surface area contributed by atoms with E-state index in [0.717, 1.165) is 12.0 Å². The lowest BCUT2D eigenvalue weighted by Gasteiger charge is -2.19. The van der Waals surface area contributed by atoms with Crippen LogP contribution < -0.4 is 5.32 Å². The number of carbonyl (C=O) groups excluding carboxylic acids is 1. The monoisotopic (exact) mass is 327 g/mol. The first kappa shape index (κ1) is 15.6. The van der Waals surface area contributed by atoms with E-state index in [1.54, 1.807) is 0 Å². The summed E-state index contributed by atoms with van der Waals surface area (Å²) in [6, 6.07) is 30.9. The molecule has 0 aromatic heterocycles. The molecule has 2 heteroatoms. The number of amides is 1. The Bertz CT molecular complexity index is 804. The molecule has 0 radical (unpaired) electrons. The van der Waals surface area contributed by atoms with Crippen LogP contribution >= 0.6 is 0 Å². The molecule has 0 bridgehead atoms. The van der Waals surface area contributed by atoms with Crippen LogP contribution in [0.3, 0.4) is 0 Å². The lowest BCUT2D eigenvalue weighted by atomic mass is 9.85. The maximum absolute atomic E-state index is 12.8. The Morgan fingerprint density at radius 1 is 0.800 bits per heavy atom. The summed E-state index contributed by atoms with van der Waals surface area (Å²) >= 11 is 0. The van der Waals surface area contributed by atoms with Crippen LogP contribution in [-0.4, -0.2) is 5.91 Å². The Morgan fingerprint density at radius 2 is 1.28 bits per heavy atom. The molecule has 1 atom stereocenters. The molecule has 0 aliphatic heterocycles. The van der Waals surface area contributed by atoms with Crippen LogP contribution in [0.4, 0.5) is 0 Å². The third-order valence-corrected chi connectivity index (χ3v) is 5.16. The molecule has 0 spiro atoms. The molecule has 4 rings (SSSR count). The molecule has 0 unspecified atom stereocenters. The molecule has 3 aromatic rings. The fourth-order valence-corrected chi connectivity index (χ4v) is 3.76. The van der Waals surface area contributed by atoms with Crippen molar-refractivity contribution in [1.29, 1.82) is 0 Å². The summed E-state index contributed by atoms with van der Waals surface area (Å²) in [5.74, 6) is 0.123. The zero-order valence-corrected chi connectivity index (χ0v) is 14.1. The normalized spacial score (nSPS) is 17.7. The highest BCUT2D eigenvalue weighted by molar-refractivity contribution is 5.86. The summed E-state index contributed by atoms with van der Waals surface area (Å²) in [6.45, 7) is 0.579. The van der Waals surface area contributed by atoms with E-state index in [4.69, 9.17) is 0 Å². The topological polar surface area (TPSA) is 29.1 Å². The second-order valence-corrected chi connectivity index (χ2v) is 6.66. The zero-order valence-electron chi connectivity index (χ0n) is 14.1. The Labute approximate surface area is 148 Å². The number of hydrogen-bond acceptors (Lipinski definition) is 1. The number of carbonyl (C=O) groups is 1. The van der Waals surface area contributed by atoms with Crippen molar-refractivity contribution in [2.45, 2.75) is 18.4 Å². The third kappa shape index (κ3) is 2.96. The van der Waals surface area contributed by atoms with Gasteiger partial charge in [0.25, 0.3) is 0 Å². The van der Waals surface area contributed by atoms with Crippen molar-refractivity contribution in [3.05, 3.63) is 108 Å². The molecule has 0 saturated heterocycles. The highest BCUT2D eigenvalue weighted by Gasteiger charge is 2.60. The van der Waals surface area contributed by atoms with Gasteiger partial charge in [-0.2, -0.15) is 0 Å². The Morgan fingerprint density at radius 3 is 1.80 bits per heavy atom. The van der Waals surface area contributed by atoms with Crippen molar-refractivity contribution < 1.29 is 4.79 Å². The molecule has 1 aliphatic carbocycles. The quantitative estimate of drug-likeness (QED) is 0.743. The number of hydrogen-bond donors (Lipinski definition) is 1. The number of benzene rings is 3. The van der Waals surface area contributed by atoms with Crippen LogP contribution in [0.25, 0.3) is 0 Å². The van der Waals surface area contributed by atoms with Crippen molar-refractivity contribution >= 4 is 5.91 Å². The summed E-state index contributed by atoms with van der Waals surface area (Å²) in [5.41, 5.74) is 3.38. The summed E-state index contributed by atoms with van der Waals surface area (Å²) in [5, 5.41) is 3.12. The smallest absolute Gasteiger partial charge is 0.224 e. The molecule has 25 heavy (non-hydrogen) atoms. The van der Waals surface area contributed by atoms with Gasteiger partial charge in [-0.05, 0) is 23.1 Å². The van der Waals surface area contributed by atoms with Gasteiger partial charge < -0.3 is 5.32 Å². The van der Waals surface area contributed by atoms with Gasteiger partial charge in [-0.3, -0.25) is 4.79 Å². The minimum absolute atomic E-state index is 0.0130. The van der Waals surface area contributed by atoms with Crippen LogP contribution in [0, 0.1) is 5.92 Å². The van der Waals surface area contributed by atoms with E-state index in [-0.39, 0.29) is 17.2 Å². The van der Waals surface area contributed by atoms with Gasteiger partial charge in [-0.15, -0.1) is 0 Å². The molecule has 3 aromatic carbocycles. The standard InChI is InChI=1S/C23H21NO/c25-22(24-17-18-10-4-1-5-11-18)21-16-23(21,19-12-6-2-7-13-19)20-14-8-3-9-15-20/h1-15,21H,16-17H2,(H,24,25)/t21-/m0/s1. The second-order valence-electron chi connectivity index (χ2n) is 6.66. The summed E-state index contributed by atoms with van der Waals surface area (Å²) < 4.78 is 0. The molecule has 1 N–H and O–H groups in total. The van der Waals surface area contributed by atoms with Crippen LogP contribution in [0.5, 0.6) is 0 Å². The van der Waals surface area contributed by atoms with Gasteiger partial charge in [0.05, 0.1) is 5.92 Å². The Kier molecular flexibility index (Phi) is 4.10. The molecule has 1 fully saturated rings. The van der Waals surface area contributed by atoms with Crippen LogP contribution in [-0.2, 0) is 16.8 Å². The van der Waals surface area contributed by atoms with E-state index in [1.807, 2.05) is 42.5 Å². The third-order valence-electron chi connectivity index (χ3n) is 5.16. The Hall–Kier alpha value is -2.87. The number of nitrogens with one attached hydrogen (secondary N) is 1. The van der Waals surface area contributed by atoms with Crippen molar-refractivity contribution in [2.24, 2.45) is 5.92 Å². The SMILES string of the molecule is O=C(NCc1ccccc1)[C@@H]1CC1(c1ccccc1)c1ccccc1. The minimum Gasteiger partial charge on any atom is -0.352 e. The predicted molar refractivity (Wildman–Crippen MR) is 100 cm³/mol. The van der Waals surface area contributed by atoms with E-state index < -0.39 is 0 Å². The molecule has 1 saturated carbocycles. The van der Waals surface area contributed by atoms with Gasteiger partial charge in [0, 0.05) is 12.0 Å². The minimum atomic E-state index is -0.191. The fraction of sp³-hybridized carbons (Fsp3) is 0.174. The van der Waals surface area contributed by atoms with E-state index in [0.29, 0.717) is 6.54 Å². The van der Waals surface area contributed by atoms with Gasteiger partial charge in [0.1, 0.15) is 0 Å². The second kappa shape index (κ2) is 6.56. The fourth-order valence-electron chi connectivity index (χ4n) is 3.76. The highest BCUT2D eigenvalue weighted by atomic mass is 16.2. The molecular weight excluding hydrogens is 306 g/mol. The summed E-state index contributed by atoms with van der Waals surface area (Å²) in [7, 11) is 0. The predicted octanol–water partition coefficient (Wildman–Crippen LogP) is 4.31. The largest absolute Gasteiger partial charge is 0.352 e. The lowest BCUT2D eigenvalue weighted by molar-refractivity contribution is -0.122. The van der Waals surface area contributed by atoms with E-state index >= 15 is 0 Å². The number of rotatable bonds is 5. The van der Waals surface area contributed by atoms with Crippen LogP contribution in [0.2, 0.25) is 0 Å². The molecule has 2 nitrogen and oxygen atoms in total. The van der Waals surface area contributed by atoms with Crippen molar-refractivity contribution in [1.82, 2.24) is 5.32 Å². The first-order chi connectivity index (χ1) is 12.3. The lowest BCUT2D eigenvalue weighted by Crippen LogP contribution is -2.28. The first-order valence-corrected chi connectivity index (χ1v) is 8.73. The van der Waals surface area contributed by atoms with Gasteiger partial charge in [-0.1, -0.05) is 91.0 Å².